The first-order chi connectivity index (χ1) is 20.6. The predicted molar refractivity (Wildman–Crippen MR) is 196 cm³/mol. The molecule has 0 aromatic rings. The largest absolute Gasteiger partial charge is 0.311 e. The van der Waals surface area contributed by atoms with E-state index in [9.17, 15) is 0 Å². The minimum absolute atomic E-state index is 0. The topological polar surface area (TPSA) is 0 Å². The Kier molecular flexibility index (Phi) is 40.4. The SMILES string of the molecule is CCCCCCCCC(CCCCCC)CCCCCCCCC(C)[C-](C)C(CCCCCC)CCCCCCCC.[Y]. The molecule has 0 N–H and O–H groups in total. The van der Waals surface area contributed by atoms with E-state index in [-0.39, 0.29) is 32.7 Å². The van der Waals surface area contributed by atoms with Gasteiger partial charge in [-0.05, 0) is 5.92 Å². The van der Waals surface area contributed by atoms with Gasteiger partial charge in [-0.15, -0.1) is 0 Å². The maximum absolute atomic E-state index is 2.56. The molecule has 257 valence electrons. The summed E-state index contributed by atoms with van der Waals surface area (Å²) in [4.78, 5) is 0. The van der Waals surface area contributed by atoms with E-state index >= 15 is 0 Å². The van der Waals surface area contributed by atoms with Crippen molar-refractivity contribution in [3.05, 3.63) is 5.92 Å². The molecule has 0 saturated heterocycles. The Morgan fingerprint density at radius 1 is 0.349 bits per heavy atom. The van der Waals surface area contributed by atoms with E-state index in [4.69, 9.17) is 0 Å². The molecule has 0 spiro atoms. The second-order valence-corrected chi connectivity index (χ2v) is 14.7. The van der Waals surface area contributed by atoms with E-state index in [2.05, 4.69) is 41.5 Å². The average molecular weight is 679 g/mol. The van der Waals surface area contributed by atoms with Crippen LogP contribution in [0.25, 0.3) is 0 Å². The van der Waals surface area contributed by atoms with Crippen LogP contribution in [0.4, 0.5) is 0 Å². The molecule has 0 saturated carbocycles. The summed E-state index contributed by atoms with van der Waals surface area (Å²) in [5, 5.41) is 0. The smallest absolute Gasteiger partial charge is 0 e. The number of unbranched alkanes of at least 4 members (excludes halogenated alkanes) is 21. The van der Waals surface area contributed by atoms with Crippen LogP contribution in [0.2, 0.25) is 0 Å². The summed E-state index contributed by atoms with van der Waals surface area (Å²) in [5.41, 5.74) is 0. The maximum Gasteiger partial charge on any atom is 0 e. The van der Waals surface area contributed by atoms with Gasteiger partial charge in [0.2, 0.25) is 0 Å². The Bertz CT molecular complexity index is 487. The molecule has 0 heterocycles. The molecule has 0 nitrogen and oxygen atoms in total. The summed E-state index contributed by atoms with van der Waals surface area (Å²) in [6.07, 6.45) is 46.6. The molecule has 0 aliphatic carbocycles. The molecule has 0 amide bonds. The van der Waals surface area contributed by atoms with Gasteiger partial charge in [0.05, 0.1) is 0 Å². The first-order valence-corrected chi connectivity index (χ1v) is 20.4. The first kappa shape index (κ1) is 46.2. The van der Waals surface area contributed by atoms with Crippen LogP contribution in [0.1, 0.15) is 247 Å². The third-order valence-electron chi connectivity index (χ3n) is 10.7. The van der Waals surface area contributed by atoms with Gasteiger partial charge in [0.25, 0.3) is 0 Å². The van der Waals surface area contributed by atoms with Crippen LogP contribution in [0.3, 0.4) is 0 Å². The van der Waals surface area contributed by atoms with Crippen LogP contribution in [0.15, 0.2) is 0 Å². The summed E-state index contributed by atoms with van der Waals surface area (Å²) >= 11 is 0. The van der Waals surface area contributed by atoms with Crippen LogP contribution in [-0.2, 0) is 32.7 Å². The standard InChI is InChI=1S/C42H85.Y/c1-7-11-15-19-24-29-35-41(34-28-17-13-9-3)36-30-25-22-21-23-27-33-39(5)40(6)42(37-31-18-14-10-4)38-32-26-20-16-12-8-2;/h39,41-42H,7-38H2,1-6H3;/q-1;. The molecule has 1 radical (unpaired) electrons. The summed E-state index contributed by atoms with van der Waals surface area (Å²) in [6.45, 7) is 14.4. The third-order valence-corrected chi connectivity index (χ3v) is 10.7. The zero-order chi connectivity index (χ0) is 30.9. The van der Waals surface area contributed by atoms with Crippen molar-refractivity contribution < 1.29 is 32.7 Å². The Morgan fingerprint density at radius 2 is 0.605 bits per heavy atom. The molecule has 0 bridgehead atoms. The number of hydrogen-bond acceptors (Lipinski definition) is 0. The molecule has 0 aromatic heterocycles. The monoisotopic (exact) mass is 679 g/mol. The van der Waals surface area contributed by atoms with Gasteiger partial charge in [-0.3, -0.25) is 0 Å². The van der Waals surface area contributed by atoms with Crippen molar-refractivity contribution in [2.24, 2.45) is 17.8 Å². The van der Waals surface area contributed by atoms with Gasteiger partial charge in [0, 0.05) is 32.7 Å². The fourth-order valence-corrected chi connectivity index (χ4v) is 7.32. The van der Waals surface area contributed by atoms with Crippen LogP contribution in [0, 0.1) is 23.7 Å². The third kappa shape index (κ3) is 31.5. The van der Waals surface area contributed by atoms with Gasteiger partial charge < -0.3 is 5.92 Å². The second kappa shape index (κ2) is 37.6. The van der Waals surface area contributed by atoms with Crippen molar-refractivity contribution in [3.63, 3.8) is 0 Å². The van der Waals surface area contributed by atoms with Gasteiger partial charge in [0.1, 0.15) is 0 Å². The van der Waals surface area contributed by atoms with E-state index in [1.54, 1.807) is 0 Å². The van der Waals surface area contributed by atoms with Crippen molar-refractivity contribution in [1.29, 1.82) is 0 Å². The van der Waals surface area contributed by atoms with Crippen molar-refractivity contribution in [2.45, 2.75) is 247 Å². The van der Waals surface area contributed by atoms with Gasteiger partial charge in [-0.1, -0.05) is 240 Å². The fourth-order valence-electron chi connectivity index (χ4n) is 7.32. The molecule has 0 rings (SSSR count). The summed E-state index contributed by atoms with van der Waals surface area (Å²) < 4.78 is 0. The number of hydrogen-bond donors (Lipinski definition) is 0. The molecule has 3 atom stereocenters. The van der Waals surface area contributed by atoms with Crippen molar-refractivity contribution in [2.75, 3.05) is 0 Å². The summed E-state index contributed by atoms with van der Waals surface area (Å²) in [5.74, 6) is 4.61. The van der Waals surface area contributed by atoms with Crippen LogP contribution in [0.5, 0.6) is 0 Å². The molecule has 3 unspecified atom stereocenters. The Balaban J connectivity index is 0. The molecule has 43 heavy (non-hydrogen) atoms. The van der Waals surface area contributed by atoms with Gasteiger partial charge in [0.15, 0.2) is 0 Å². The van der Waals surface area contributed by atoms with E-state index in [1.807, 2.05) is 5.92 Å². The molecule has 0 fully saturated rings. The Hall–Kier alpha value is 1.10. The van der Waals surface area contributed by atoms with E-state index < -0.39 is 0 Å². The average Bonchev–Trinajstić information content (AvgIpc) is 3.00. The van der Waals surface area contributed by atoms with Crippen molar-refractivity contribution in [1.82, 2.24) is 0 Å². The molecule has 0 aliphatic heterocycles. The van der Waals surface area contributed by atoms with E-state index in [1.165, 1.54) is 205 Å². The zero-order valence-electron chi connectivity index (χ0n) is 31.4. The van der Waals surface area contributed by atoms with Gasteiger partial charge in [-0.25, -0.2) is 0 Å². The predicted octanol–water partition coefficient (Wildman–Crippen LogP) is 16.0. The Labute approximate surface area is 301 Å². The van der Waals surface area contributed by atoms with Crippen LogP contribution < -0.4 is 0 Å². The van der Waals surface area contributed by atoms with E-state index in [0.717, 1.165) is 17.8 Å². The normalized spacial score (nSPS) is 13.7. The minimum atomic E-state index is 0. The second-order valence-electron chi connectivity index (χ2n) is 14.7. The molecule has 0 aromatic carbocycles. The molecule has 1 heteroatoms. The van der Waals surface area contributed by atoms with Crippen molar-refractivity contribution in [3.8, 4) is 0 Å². The molecular weight excluding hydrogens is 593 g/mol. The van der Waals surface area contributed by atoms with E-state index in [0.29, 0.717) is 0 Å². The Morgan fingerprint density at radius 3 is 0.953 bits per heavy atom. The van der Waals surface area contributed by atoms with Crippen LogP contribution >= 0.6 is 0 Å². The maximum atomic E-state index is 2.56. The number of rotatable bonds is 35. The van der Waals surface area contributed by atoms with Crippen molar-refractivity contribution >= 4 is 0 Å². The fraction of sp³-hybridized carbons (Fsp3) is 0.976. The first-order valence-electron chi connectivity index (χ1n) is 20.4. The summed E-state index contributed by atoms with van der Waals surface area (Å²) in [6, 6.07) is 0. The van der Waals surface area contributed by atoms with Crippen LogP contribution in [-0.4, -0.2) is 0 Å². The summed E-state index contributed by atoms with van der Waals surface area (Å²) in [7, 11) is 0. The quantitative estimate of drug-likeness (QED) is 0.0462. The minimum Gasteiger partial charge on any atom is -0.311 e. The van der Waals surface area contributed by atoms with Gasteiger partial charge in [-0.2, -0.15) is 18.8 Å². The molecule has 0 aliphatic rings. The van der Waals surface area contributed by atoms with Gasteiger partial charge >= 0.3 is 0 Å². The molecular formula is C42H85Y-. The zero-order valence-corrected chi connectivity index (χ0v) is 34.3.